The highest BCUT2D eigenvalue weighted by molar-refractivity contribution is 5.45. The van der Waals surface area contributed by atoms with Crippen molar-refractivity contribution < 1.29 is 4.39 Å². The maximum absolute atomic E-state index is 13.0. The number of halogens is 1. The molecule has 0 unspecified atom stereocenters. The third-order valence-electron chi connectivity index (χ3n) is 2.74. The van der Waals surface area contributed by atoms with E-state index in [0.29, 0.717) is 0 Å². The van der Waals surface area contributed by atoms with Crippen LogP contribution < -0.4 is 4.90 Å². The van der Waals surface area contributed by atoms with Crippen molar-refractivity contribution in [1.82, 2.24) is 4.98 Å². The van der Waals surface area contributed by atoms with Gasteiger partial charge in [0.15, 0.2) is 0 Å². The van der Waals surface area contributed by atoms with Gasteiger partial charge in [-0.05, 0) is 31.2 Å². The van der Waals surface area contributed by atoms with E-state index in [1.807, 2.05) is 6.07 Å². The van der Waals surface area contributed by atoms with Crippen LogP contribution in [0.25, 0.3) is 0 Å². The summed E-state index contributed by atoms with van der Waals surface area (Å²) in [6.07, 6.45) is 5.29. The van der Waals surface area contributed by atoms with Crippen LogP contribution in [0.4, 0.5) is 10.1 Å². The maximum Gasteiger partial charge on any atom is 0.214 e. The first-order valence-corrected chi connectivity index (χ1v) is 5.66. The zero-order valence-electron chi connectivity index (χ0n) is 9.12. The molecule has 1 fully saturated rings. The van der Waals surface area contributed by atoms with E-state index in [1.54, 1.807) is 6.20 Å². The van der Waals surface area contributed by atoms with Crippen molar-refractivity contribution in [2.45, 2.75) is 26.2 Å². The maximum atomic E-state index is 13.0. The first kappa shape index (κ1) is 10.4. The molecule has 0 radical (unpaired) electrons. The standard InChI is InChI=1S/C12H17FN2/c1-2-7-15(9-10-3-4-10)11-5-6-14-12(13)8-11/h5-6,8,10H,2-4,7,9H2,1H3. The Morgan fingerprint density at radius 2 is 2.33 bits per heavy atom. The van der Waals surface area contributed by atoms with E-state index in [-0.39, 0.29) is 5.95 Å². The molecule has 0 bridgehead atoms. The van der Waals surface area contributed by atoms with Crippen LogP contribution in [0.3, 0.4) is 0 Å². The average Bonchev–Trinajstić information content (AvgIpc) is 3.01. The normalized spacial score (nSPS) is 15.3. The summed E-state index contributed by atoms with van der Waals surface area (Å²) < 4.78 is 13.0. The van der Waals surface area contributed by atoms with Crippen molar-refractivity contribution >= 4 is 5.69 Å². The third-order valence-corrected chi connectivity index (χ3v) is 2.74. The molecule has 1 aromatic rings. The van der Waals surface area contributed by atoms with Crippen LogP contribution in [0.15, 0.2) is 18.3 Å². The molecule has 0 N–H and O–H groups in total. The van der Waals surface area contributed by atoms with Gasteiger partial charge in [0, 0.05) is 31.0 Å². The molecule has 0 atom stereocenters. The third kappa shape index (κ3) is 2.91. The van der Waals surface area contributed by atoms with Gasteiger partial charge in [0.05, 0.1) is 0 Å². The van der Waals surface area contributed by atoms with Gasteiger partial charge in [-0.1, -0.05) is 6.92 Å². The predicted molar refractivity (Wildman–Crippen MR) is 59.4 cm³/mol. The lowest BCUT2D eigenvalue weighted by Gasteiger charge is -2.24. The highest BCUT2D eigenvalue weighted by Crippen LogP contribution is 2.31. The van der Waals surface area contributed by atoms with Crippen molar-refractivity contribution in [3.63, 3.8) is 0 Å². The Morgan fingerprint density at radius 3 is 2.93 bits per heavy atom. The predicted octanol–water partition coefficient (Wildman–Crippen LogP) is 2.85. The van der Waals surface area contributed by atoms with Crippen LogP contribution in [0, 0.1) is 11.9 Å². The molecule has 0 aliphatic heterocycles. The number of aromatic nitrogens is 1. The first-order valence-electron chi connectivity index (χ1n) is 5.66. The van der Waals surface area contributed by atoms with Crippen LogP contribution in [-0.4, -0.2) is 18.1 Å². The summed E-state index contributed by atoms with van der Waals surface area (Å²) in [4.78, 5) is 5.85. The molecule has 1 heterocycles. The van der Waals surface area contributed by atoms with Gasteiger partial charge >= 0.3 is 0 Å². The van der Waals surface area contributed by atoms with Gasteiger partial charge in [0.1, 0.15) is 0 Å². The Labute approximate surface area is 90.1 Å². The molecular formula is C12H17FN2. The van der Waals surface area contributed by atoms with E-state index in [0.717, 1.165) is 31.1 Å². The number of nitrogens with zero attached hydrogens (tertiary/aromatic N) is 2. The van der Waals surface area contributed by atoms with E-state index in [2.05, 4.69) is 16.8 Å². The highest BCUT2D eigenvalue weighted by Gasteiger charge is 2.24. The van der Waals surface area contributed by atoms with Gasteiger partial charge in [0.2, 0.25) is 5.95 Å². The monoisotopic (exact) mass is 208 g/mol. The molecule has 1 aliphatic carbocycles. The molecule has 82 valence electrons. The van der Waals surface area contributed by atoms with Gasteiger partial charge < -0.3 is 4.90 Å². The van der Waals surface area contributed by atoms with Crippen molar-refractivity contribution in [3.05, 3.63) is 24.3 Å². The summed E-state index contributed by atoms with van der Waals surface area (Å²) in [5.74, 6) is 0.442. The first-order chi connectivity index (χ1) is 7.29. The van der Waals surface area contributed by atoms with Crippen LogP contribution in [0.5, 0.6) is 0 Å². The molecule has 0 spiro atoms. The molecule has 2 rings (SSSR count). The van der Waals surface area contributed by atoms with Crippen molar-refractivity contribution in [2.24, 2.45) is 5.92 Å². The summed E-state index contributed by atoms with van der Waals surface area (Å²) in [7, 11) is 0. The van der Waals surface area contributed by atoms with E-state index in [4.69, 9.17) is 0 Å². The Kier molecular flexibility index (Phi) is 3.19. The van der Waals surface area contributed by atoms with Gasteiger partial charge in [-0.2, -0.15) is 4.39 Å². The number of rotatable bonds is 5. The SMILES string of the molecule is CCCN(CC1CC1)c1ccnc(F)c1. The lowest BCUT2D eigenvalue weighted by Crippen LogP contribution is -2.26. The number of pyridine rings is 1. The van der Waals surface area contributed by atoms with Gasteiger partial charge in [-0.25, -0.2) is 4.98 Å². The second-order valence-corrected chi connectivity index (χ2v) is 4.23. The lowest BCUT2D eigenvalue weighted by molar-refractivity contribution is 0.581. The Balaban J connectivity index is 2.07. The van der Waals surface area contributed by atoms with E-state index in [1.165, 1.54) is 18.9 Å². The fourth-order valence-electron chi connectivity index (χ4n) is 1.80. The Bertz CT molecular complexity index is 323. The van der Waals surface area contributed by atoms with Gasteiger partial charge in [0.25, 0.3) is 0 Å². The van der Waals surface area contributed by atoms with E-state index >= 15 is 0 Å². The van der Waals surface area contributed by atoms with Crippen molar-refractivity contribution in [1.29, 1.82) is 0 Å². The summed E-state index contributed by atoms with van der Waals surface area (Å²) >= 11 is 0. The van der Waals surface area contributed by atoms with Crippen LogP contribution in [0.2, 0.25) is 0 Å². The molecule has 3 heteroatoms. The number of hydrogen-bond acceptors (Lipinski definition) is 2. The summed E-state index contributed by atoms with van der Waals surface area (Å²) in [6.45, 7) is 4.22. The minimum Gasteiger partial charge on any atom is -0.371 e. The van der Waals surface area contributed by atoms with Gasteiger partial charge in [-0.3, -0.25) is 0 Å². The summed E-state index contributed by atoms with van der Waals surface area (Å²) in [5.41, 5.74) is 0.969. The molecule has 1 aromatic heterocycles. The largest absolute Gasteiger partial charge is 0.371 e. The van der Waals surface area contributed by atoms with Crippen LogP contribution >= 0.6 is 0 Å². The average molecular weight is 208 g/mol. The molecule has 0 saturated heterocycles. The minimum atomic E-state index is -0.385. The fraction of sp³-hybridized carbons (Fsp3) is 0.583. The second-order valence-electron chi connectivity index (χ2n) is 4.23. The number of hydrogen-bond donors (Lipinski definition) is 0. The quantitative estimate of drug-likeness (QED) is 0.692. The molecule has 1 saturated carbocycles. The molecular weight excluding hydrogens is 191 g/mol. The molecule has 2 nitrogen and oxygen atoms in total. The number of anilines is 1. The fourth-order valence-corrected chi connectivity index (χ4v) is 1.80. The molecule has 1 aliphatic rings. The highest BCUT2D eigenvalue weighted by atomic mass is 19.1. The van der Waals surface area contributed by atoms with Crippen molar-refractivity contribution in [2.75, 3.05) is 18.0 Å². The minimum absolute atomic E-state index is 0.385. The van der Waals surface area contributed by atoms with E-state index in [9.17, 15) is 4.39 Å². The zero-order valence-corrected chi connectivity index (χ0v) is 9.12. The van der Waals surface area contributed by atoms with Gasteiger partial charge in [-0.15, -0.1) is 0 Å². The topological polar surface area (TPSA) is 16.1 Å². The Hall–Kier alpha value is -1.12. The molecule has 0 aromatic carbocycles. The summed E-state index contributed by atoms with van der Waals surface area (Å²) in [6, 6.07) is 3.42. The molecule has 0 amide bonds. The van der Waals surface area contributed by atoms with Crippen LogP contribution in [-0.2, 0) is 0 Å². The Morgan fingerprint density at radius 1 is 1.53 bits per heavy atom. The second kappa shape index (κ2) is 4.60. The van der Waals surface area contributed by atoms with Crippen molar-refractivity contribution in [3.8, 4) is 0 Å². The van der Waals surface area contributed by atoms with E-state index < -0.39 is 0 Å². The summed E-state index contributed by atoms with van der Waals surface area (Å²) in [5, 5.41) is 0. The van der Waals surface area contributed by atoms with Crippen LogP contribution in [0.1, 0.15) is 26.2 Å². The molecule has 15 heavy (non-hydrogen) atoms. The lowest BCUT2D eigenvalue weighted by atomic mass is 10.3. The zero-order chi connectivity index (χ0) is 10.7. The smallest absolute Gasteiger partial charge is 0.214 e.